The van der Waals surface area contributed by atoms with E-state index in [0.717, 1.165) is 5.69 Å². The van der Waals surface area contributed by atoms with Gasteiger partial charge in [-0.3, -0.25) is 0 Å². The number of methoxy groups -OCH3 is 1. The van der Waals surface area contributed by atoms with E-state index in [9.17, 15) is 14.7 Å². The molecule has 2 rings (SSSR count). The highest BCUT2D eigenvalue weighted by Crippen LogP contribution is 2.31. The smallest absolute Gasteiger partial charge is 0.407 e. The molecule has 1 fully saturated rings. The summed E-state index contributed by atoms with van der Waals surface area (Å²) in [5, 5.41) is 9.45. The highest BCUT2D eigenvalue weighted by Gasteiger charge is 2.38. The Morgan fingerprint density at radius 2 is 1.96 bits per heavy atom. The second kappa shape index (κ2) is 7.01. The molecule has 0 bridgehead atoms. The predicted octanol–water partition coefficient (Wildman–Crippen LogP) is 3.45. The maximum Gasteiger partial charge on any atom is 0.407 e. The van der Waals surface area contributed by atoms with Gasteiger partial charge in [0.15, 0.2) is 0 Å². The molecule has 0 aromatic heterocycles. The fraction of sp³-hybridized carbons (Fsp3) is 0.529. The average molecular weight is 399 g/mol. The van der Waals surface area contributed by atoms with Gasteiger partial charge in [-0.05, 0) is 39.5 Å². The van der Waals surface area contributed by atoms with E-state index < -0.39 is 12.1 Å². The number of ether oxygens (including phenoxy) is 1. The van der Waals surface area contributed by atoms with Gasteiger partial charge in [-0.25, -0.2) is 9.59 Å². The van der Waals surface area contributed by atoms with E-state index >= 15 is 0 Å². The van der Waals surface area contributed by atoms with E-state index in [1.807, 2.05) is 32.9 Å². The maximum atomic E-state index is 11.7. The van der Waals surface area contributed by atoms with Crippen molar-refractivity contribution in [2.45, 2.75) is 26.8 Å². The quantitative estimate of drug-likeness (QED) is 0.772. The Bertz CT molecular complexity index is 642. The van der Waals surface area contributed by atoms with Gasteiger partial charge in [-0.15, -0.1) is 0 Å². The average Bonchev–Trinajstić information content (AvgIpc) is 2.52. The van der Waals surface area contributed by atoms with Crippen molar-refractivity contribution in [3.63, 3.8) is 0 Å². The summed E-state index contributed by atoms with van der Waals surface area (Å²) in [6, 6.07) is 5.36. The Kier molecular flexibility index (Phi) is 5.42. The molecular formula is C17H23BrN2O4. The number of anilines is 1. The van der Waals surface area contributed by atoms with Crippen LogP contribution >= 0.6 is 15.9 Å². The molecule has 1 unspecified atom stereocenters. The zero-order chi connectivity index (χ0) is 18.1. The highest BCUT2D eigenvalue weighted by molar-refractivity contribution is 9.10. The van der Waals surface area contributed by atoms with E-state index in [-0.39, 0.29) is 11.5 Å². The summed E-state index contributed by atoms with van der Waals surface area (Å²) in [4.78, 5) is 26.9. The summed E-state index contributed by atoms with van der Waals surface area (Å²) in [6.07, 6.45) is -0.878. The minimum atomic E-state index is -0.878. The van der Waals surface area contributed by atoms with Gasteiger partial charge in [0, 0.05) is 29.8 Å². The van der Waals surface area contributed by atoms with Crippen LogP contribution in [-0.2, 0) is 4.74 Å². The first-order chi connectivity index (χ1) is 11.1. The van der Waals surface area contributed by atoms with Crippen molar-refractivity contribution in [3.8, 4) is 0 Å². The first kappa shape index (κ1) is 18.6. The lowest BCUT2D eigenvalue weighted by molar-refractivity contribution is 0.0599. The number of benzene rings is 1. The summed E-state index contributed by atoms with van der Waals surface area (Å²) in [7, 11) is 1.35. The van der Waals surface area contributed by atoms with Crippen LogP contribution in [0.25, 0.3) is 0 Å². The van der Waals surface area contributed by atoms with Crippen molar-refractivity contribution in [3.05, 3.63) is 28.2 Å². The summed E-state index contributed by atoms with van der Waals surface area (Å²) in [6.45, 7) is 7.82. The van der Waals surface area contributed by atoms with Crippen LogP contribution < -0.4 is 4.90 Å². The Labute approximate surface area is 150 Å². The first-order valence-electron chi connectivity index (χ1n) is 7.77. The van der Waals surface area contributed by atoms with E-state index in [4.69, 9.17) is 4.74 Å². The maximum absolute atomic E-state index is 11.7. The molecule has 7 heteroatoms. The molecule has 24 heavy (non-hydrogen) atoms. The zero-order valence-corrected chi connectivity index (χ0v) is 16.0. The van der Waals surface area contributed by atoms with Gasteiger partial charge >= 0.3 is 12.1 Å². The zero-order valence-electron chi connectivity index (χ0n) is 14.4. The standard InChI is InChI=1S/C17H23BrN2O4/c1-17(2,3)14-10-19(7-8-20(14)16(22)23)11-5-6-12(13(18)9-11)15(21)24-4/h5-6,9,14H,7-8,10H2,1-4H3,(H,22,23). The lowest BCUT2D eigenvalue weighted by Crippen LogP contribution is -2.59. The van der Waals surface area contributed by atoms with Gasteiger partial charge in [0.05, 0.1) is 18.7 Å². The van der Waals surface area contributed by atoms with Gasteiger partial charge in [-0.2, -0.15) is 0 Å². The molecule has 1 amide bonds. The van der Waals surface area contributed by atoms with Crippen LogP contribution in [0.15, 0.2) is 22.7 Å². The number of carbonyl (C=O) groups excluding carboxylic acids is 1. The third kappa shape index (κ3) is 3.83. The van der Waals surface area contributed by atoms with Crippen molar-refractivity contribution in [1.29, 1.82) is 0 Å². The first-order valence-corrected chi connectivity index (χ1v) is 8.57. The molecule has 132 valence electrons. The number of hydrogen-bond donors (Lipinski definition) is 1. The van der Waals surface area contributed by atoms with E-state index in [1.54, 1.807) is 6.07 Å². The molecule has 1 aliphatic heterocycles. The number of carbonyl (C=O) groups is 2. The minimum absolute atomic E-state index is 0.109. The molecule has 6 nitrogen and oxygen atoms in total. The third-order valence-corrected chi connectivity index (χ3v) is 5.00. The van der Waals surface area contributed by atoms with Crippen LogP contribution in [0.1, 0.15) is 31.1 Å². The summed E-state index contributed by atoms with van der Waals surface area (Å²) in [5.41, 5.74) is 1.26. The molecule has 1 atom stereocenters. The van der Waals surface area contributed by atoms with Gasteiger partial charge < -0.3 is 19.6 Å². The number of hydrogen-bond acceptors (Lipinski definition) is 4. The van der Waals surface area contributed by atoms with E-state index in [1.165, 1.54) is 12.0 Å². The molecule has 1 aromatic rings. The Balaban J connectivity index is 2.26. The number of nitrogens with zero attached hydrogens (tertiary/aromatic N) is 2. The fourth-order valence-electron chi connectivity index (χ4n) is 2.96. The normalized spacial score (nSPS) is 18.5. The van der Waals surface area contributed by atoms with Crippen molar-refractivity contribution < 1.29 is 19.4 Å². The van der Waals surface area contributed by atoms with Gasteiger partial charge in [0.1, 0.15) is 0 Å². The minimum Gasteiger partial charge on any atom is -0.465 e. The van der Waals surface area contributed by atoms with Gasteiger partial charge in [0.2, 0.25) is 0 Å². The largest absolute Gasteiger partial charge is 0.465 e. The lowest BCUT2D eigenvalue weighted by atomic mass is 9.84. The molecule has 1 N–H and O–H groups in total. The van der Waals surface area contributed by atoms with Gasteiger partial charge in [0.25, 0.3) is 0 Å². The second-order valence-corrected chi connectivity index (χ2v) is 7.81. The molecule has 0 saturated carbocycles. The van der Waals surface area contributed by atoms with E-state index in [0.29, 0.717) is 29.7 Å². The second-order valence-electron chi connectivity index (χ2n) is 6.96. The number of halogens is 1. The number of amides is 1. The van der Waals surface area contributed by atoms with Crippen molar-refractivity contribution in [1.82, 2.24) is 4.90 Å². The molecule has 0 spiro atoms. The topological polar surface area (TPSA) is 70.1 Å². The van der Waals surface area contributed by atoms with Crippen molar-refractivity contribution >= 4 is 33.7 Å². The number of carboxylic acid groups (broad SMARTS) is 1. The third-order valence-electron chi connectivity index (χ3n) is 4.35. The van der Waals surface area contributed by atoms with Crippen molar-refractivity contribution in [2.75, 3.05) is 31.6 Å². The number of rotatable bonds is 2. The van der Waals surface area contributed by atoms with E-state index in [2.05, 4.69) is 20.8 Å². The Hall–Kier alpha value is -1.76. The number of piperazine rings is 1. The van der Waals surface area contributed by atoms with Crippen LogP contribution in [0.4, 0.5) is 10.5 Å². The molecule has 1 heterocycles. The number of esters is 1. The Morgan fingerprint density at radius 1 is 1.29 bits per heavy atom. The van der Waals surface area contributed by atoms with Gasteiger partial charge in [-0.1, -0.05) is 20.8 Å². The summed E-state index contributed by atoms with van der Waals surface area (Å²) in [5.74, 6) is -0.392. The summed E-state index contributed by atoms with van der Waals surface area (Å²) < 4.78 is 5.42. The molecular weight excluding hydrogens is 376 g/mol. The predicted molar refractivity (Wildman–Crippen MR) is 95.7 cm³/mol. The Morgan fingerprint density at radius 3 is 2.46 bits per heavy atom. The lowest BCUT2D eigenvalue weighted by Gasteiger charge is -2.46. The van der Waals surface area contributed by atoms with Crippen LogP contribution in [0.2, 0.25) is 0 Å². The molecule has 1 saturated heterocycles. The molecule has 1 aliphatic rings. The van der Waals surface area contributed by atoms with Crippen LogP contribution in [-0.4, -0.2) is 54.9 Å². The van der Waals surface area contributed by atoms with Crippen LogP contribution in [0, 0.1) is 5.41 Å². The molecule has 0 radical (unpaired) electrons. The molecule has 0 aliphatic carbocycles. The molecule has 1 aromatic carbocycles. The summed E-state index contributed by atoms with van der Waals surface area (Å²) >= 11 is 3.41. The van der Waals surface area contributed by atoms with Crippen LogP contribution in [0.5, 0.6) is 0 Å². The fourth-order valence-corrected chi connectivity index (χ4v) is 3.49. The monoisotopic (exact) mass is 398 g/mol. The van der Waals surface area contributed by atoms with Crippen molar-refractivity contribution in [2.24, 2.45) is 5.41 Å². The highest BCUT2D eigenvalue weighted by atomic mass is 79.9. The van der Waals surface area contributed by atoms with Crippen LogP contribution in [0.3, 0.4) is 0 Å². The SMILES string of the molecule is COC(=O)c1ccc(N2CCN(C(=O)O)C(C(C)(C)C)C2)cc1Br.